The first kappa shape index (κ1) is 21.2. The molecule has 4 amide bonds. The van der Waals surface area contributed by atoms with Gasteiger partial charge in [-0.15, -0.1) is 0 Å². The number of likely N-dealkylation sites (tertiary alicyclic amines) is 1. The fourth-order valence-electron chi connectivity index (χ4n) is 4.47. The molecule has 0 aromatic heterocycles. The lowest BCUT2D eigenvalue weighted by atomic mass is 9.96. The van der Waals surface area contributed by atoms with E-state index in [-0.39, 0.29) is 18.1 Å². The summed E-state index contributed by atoms with van der Waals surface area (Å²) in [4.78, 5) is 26.7. The fraction of sp³-hybridized carbons (Fsp3) is 0.440. The number of carbonyl (C=O) groups is 2. The minimum atomic E-state index is -0.0856. The van der Waals surface area contributed by atoms with Gasteiger partial charge in [-0.2, -0.15) is 0 Å². The van der Waals surface area contributed by atoms with Crippen molar-refractivity contribution in [1.29, 1.82) is 0 Å². The molecule has 0 radical (unpaired) electrons. The molecule has 0 spiro atoms. The van der Waals surface area contributed by atoms with Crippen molar-refractivity contribution in [2.45, 2.75) is 57.0 Å². The lowest BCUT2D eigenvalue weighted by Gasteiger charge is -2.33. The second-order valence-corrected chi connectivity index (χ2v) is 8.59. The predicted molar refractivity (Wildman–Crippen MR) is 124 cm³/mol. The van der Waals surface area contributed by atoms with Gasteiger partial charge in [0.1, 0.15) is 0 Å². The quantitative estimate of drug-likeness (QED) is 0.652. The van der Waals surface area contributed by atoms with Gasteiger partial charge in [-0.25, -0.2) is 9.59 Å². The number of nitrogens with zero attached hydrogens (tertiary/aromatic N) is 1. The summed E-state index contributed by atoms with van der Waals surface area (Å²) in [5, 5.41) is 9.18. The van der Waals surface area contributed by atoms with E-state index in [4.69, 9.17) is 0 Å². The van der Waals surface area contributed by atoms with Crippen molar-refractivity contribution in [3.63, 3.8) is 0 Å². The summed E-state index contributed by atoms with van der Waals surface area (Å²) in [7, 11) is 0. The lowest BCUT2D eigenvalue weighted by molar-refractivity contribution is 0.186. The van der Waals surface area contributed by atoms with E-state index in [1.165, 1.54) is 19.3 Å². The molecule has 1 aliphatic carbocycles. The highest BCUT2D eigenvalue weighted by Crippen LogP contribution is 2.22. The average Bonchev–Trinajstić information content (AvgIpc) is 2.81. The molecule has 164 valence electrons. The summed E-state index contributed by atoms with van der Waals surface area (Å²) >= 11 is 0. The second kappa shape index (κ2) is 10.3. The lowest BCUT2D eigenvalue weighted by Crippen LogP contribution is -2.51. The van der Waals surface area contributed by atoms with E-state index in [0.717, 1.165) is 42.5 Å². The van der Waals surface area contributed by atoms with Gasteiger partial charge < -0.3 is 20.9 Å². The predicted octanol–water partition coefficient (Wildman–Crippen LogP) is 4.98. The summed E-state index contributed by atoms with van der Waals surface area (Å²) < 4.78 is 0. The molecule has 2 aliphatic rings. The topological polar surface area (TPSA) is 73.5 Å². The van der Waals surface area contributed by atoms with Crippen molar-refractivity contribution in [1.82, 2.24) is 15.5 Å². The van der Waals surface area contributed by atoms with Crippen molar-refractivity contribution < 1.29 is 9.59 Å². The standard InChI is InChI=1S/C25H32N4O2/c30-24(26-21-9-5-2-6-10-21)27-23-15-17-29(18-16-23)25(31)28-22-13-11-20(12-14-22)19-7-3-1-4-8-19/h1,3-4,7-8,11-14,21,23H,2,5-6,9-10,15-18H2,(H,28,31)(H2,26,27,30). The van der Waals surface area contributed by atoms with Gasteiger partial charge in [-0.1, -0.05) is 61.7 Å². The smallest absolute Gasteiger partial charge is 0.321 e. The number of carbonyl (C=O) groups excluding carboxylic acids is 2. The summed E-state index contributed by atoms with van der Waals surface area (Å²) in [5.41, 5.74) is 3.07. The van der Waals surface area contributed by atoms with Crippen molar-refractivity contribution in [2.24, 2.45) is 0 Å². The number of piperidine rings is 1. The SMILES string of the molecule is O=C(NC1CCCCC1)NC1CCN(C(=O)Nc2ccc(-c3ccccc3)cc2)CC1. The van der Waals surface area contributed by atoms with Crippen molar-refractivity contribution in [2.75, 3.05) is 18.4 Å². The van der Waals surface area contributed by atoms with E-state index in [1.54, 1.807) is 0 Å². The van der Waals surface area contributed by atoms with E-state index >= 15 is 0 Å². The molecule has 4 rings (SSSR count). The molecule has 6 heteroatoms. The van der Waals surface area contributed by atoms with Crippen LogP contribution in [0.1, 0.15) is 44.9 Å². The Hall–Kier alpha value is -3.02. The minimum Gasteiger partial charge on any atom is -0.335 e. The van der Waals surface area contributed by atoms with Gasteiger partial charge in [0.2, 0.25) is 0 Å². The summed E-state index contributed by atoms with van der Waals surface area (Å²) in [5.74, 6) is 0. The Morgan fingerprint density at radius 1 is 0.710 bits per heavy atom. The first-order valence-corrected chi connectivity index (χ1v) is 11.5. The Balaban J connectivity index is 1.20. The number of urea groups is 2. The highest BCUT2D eigenvalue weighted by Gasteiger charge is 2.25. The van der Waals surface area contributed by atoms with Crippen molar-refractivity contribution in [3.8, 4) is 11.1 Å². The Morgan fingerprint density at radius 3 is 1.94 bits per heavy atom. The maximum Gasteiger partial charge on any atom is 0.321 e. The molecule has 2 fully saturated rings. The molecule has 1 saturated heterocycles. The van der Waals surface area contributed by atoms with Crippen LogP contribution < -0.4 is 16.0 Å². The molecule has 1 saturated carbocycles. The first-order chi connectivity index (χ1) is 15.2. The van der Waals surface area contributed by atoms with E-state index in [1.807, 2.05) is 47.4 Å². The molecule has 2 aromatic rings. The number of hydrogen-bond donors (Lipinski definition) is 3. The molecule has 0 unspecified atom stereocenters. The van der Waals surface area contributed by atoms with Gasteiger partial charge in [0.25, 0.3) is 0 Å². The van der Waals surface area contributed by atoms with E-state index in [9.17, 15) is 9.59 Å². The van der Waals surface area contributed by atoms with Crippen LogP contribution in [0, 0.1) is 0 Å². The average molecular weight is 421 g/mol. The summed E-state index contributed by atoms with van der Waals surface area (Å²) in [6, 6.07) is 18.4. The zero-order chi connectivity index (χ0) is 21.5. The molecule has 31 heavy (non-hydrogen) atoms. The zero-order valence-electron chi connectivity index (χ0n) is 18.0. The van der Waals surface area contributed by atoms with Crippen LogP contribution in [0.15, 0.2) is 54.6 Å². The number of anilines is 1. The Morgan fingerprint density at radius 2 is 1.29 bits per heavy atom. The van der Waals surface area contributed by atoms with Crippen LogP contribution in [-0.4, -0.2) is 42.1 Å². The molecular formula is C25H32N4O2. The van der Waals surface area contributed by atoms with Crippen LogP contribution in [-0.2, 0) is 0 Å². The highest BCUT2D eigenvalue weighted by atomic mass is 16.2. The third-order valence-corrected chi connectivity index (χ3v) is 6.30. The molecule has 0 bridgehead atoms. The van der Waals surface area contributed by atoms with Gasteiger partial charge >= 0.3 is 12.1 Å². The largest absolute Gasteiger partial charge is 0.335 e. The van der Waals surface area contributed by atoms with Gasteiger partial charge in [0.05, 0.1) is 0 Å². The number of benzene rings is 2. The van der Waals surface area contributed by atoms with E-state index < -0.39 is 0 Å². The number of amides is 4. The number of rotatable bonds is 4. The zero-order valence-corrected chi connectivity index (χ0v) is 18.0. The fourth-order valence-corrected chi connectivity index (χ4v) is 4.47. The molecular weight excluding hydrogens is 388 g/mol. The monoisotopic (exact) mass is 420 g/mol. The molecule has 3 N–H and O–H groups in total. The summed E-state index contributed by atoms with van der Waals surface area (Å²) in [6.07, 6.45) is 7.39. The molecule has 0 atom stereocenters. The summed E-state index contributed by atoms with van der Waals surface area (Å²) in [6.45, 7) is 1.28. The van der Waals surface area contributed by atoms with Crippen molar-refractivity contribution in [3.05, 3.63) is 54.6 Å². The van der Waals surface area contributed by atoms with Crippen LogP contribution in [0.2, 0.25) is 0 Å². The minimum absolute atomic E-state index is 0.0618. The third-order valence-electron chi connectivity index (χ3n) is 6.30. The number of hydrogen-bond acceptors (Lipinski definition) is 2. The second-order valence-electron chi connectivity index (χ2n) is 8.59. The van der Waals surface area contributed by atoms with Crippen LogP contribution in [0.5, 0.6) is 0 Å². The maximum atomic E-state index is 12.6. The van der Waals surface area contributed by atoms with Crippen LogP contribution in [0.25, 0.3) is 11.1 Å². The van der Waals surface area contributed by atoms with Gasteiger partial charge in [-0.05, 0) is 48.9 Å². The Labute approximate surface area is 184 Å². The van der Waals surface area contributed by atoms with Gasteiger partial charge in [0.15, 0.2) is 0 Å². The highest BCUT2D eigenvalue weighted by molar-refractivity contribution is 5.89. The molecule has 1 aliphatic heterocycles. The number of nitrogens with one attached hydrogen (secondary N) is 3. The van der Waals surface area contributed by atoms with Crippen molar-refractivity contribution >= 4 is 17.7 Å². The Kier molecular flexibility index (Phi) is 7.07. The molecule has 6 nitrogen and oxygen atoms in total. The first-order valence-electron chi connectivity index (χ1n) is 11.5. The third kappa shape index (κ3) is 6.00. The van der Waals surface area contributed by atoms with Crippen LogP contribution in [0.4, 0.5) is 15.3 Å². The molecule has 1 heterocycles. The maximum absolute atomic E-state index is 12.6. The van der Waals surface area contributed by atoms with Crippen LogP contribution in [0.3, 0.4) is 0 Å². The van der Waals surface area contributed by atoms with E-state index in [2.05, 4.69) is 28.1 Å². The normalized spacial score (nSPS) is 17.7. The Bertz CT molecular complexity index is 855. The van der Waals surface area contributed by atoms with Gasteiger partial charge in [-0.3, -0.25) is 0 Å². The van der Waals surface area contributed by atoms with Gasteiger partial charge in [0, 0.05) is 30.9 Å². The van der Waals surface area contributed by atoms with E-state index in [0.29, 0.717) is 19.1 Å². The van der Waals surface area contributed by atoms with Crippen LogP contribution >= 0.6 is 0 Å². The molecule has 2 aromatic carbocycles.